The molecule has 0 fully saturated rings. The number of nitriles is 1. The number of carbonyl (C=O) groups is 1. The summed E-state index contributed by atoms with van der Waals surface area (Å²) in [5.74, 6) is 0.892. The second-order valence-corrected chi connectivity index (χ2v) is 12.6. The number of ether oxygens (including phenoxy) is 2. The maximum atomic E-state index is 14.2. The largest absolute Gasteiger partial charge is 0.454 e. The Bertz CT molecular complexity index is 1530. The van der Waals surface area contributed by atoms with E-state index in [9.17, 15) is 23.2 Å². The number of nitrogens with one attached hydrogen (secondary N) is 2. The number of hydrogen-bond acceptors (Lipinski definition) is 7. The molecule has 0 unspecified atom stereocenters. The number of aromatic nitrogens is 2. The number of rotatable bonds is 3. The molecule has 2 N–H and O–H groups in total. The van der Waals surface area contributed by atoms with Crippen molar-refractivity contribution < 1.29 is 27.4 Å². The van der Waals surface area contributed by atoms with Crippen LogP contribution in [0.5, 0.6) is 11.5 Å². The van der Waals surface area contributed by atoms with Crippen LogP contribution in [-0.2, 0) is 12.8 Å². The lowest BCUT2D eigenvalue weighted by Crippen LogP contribution is -2.35. The van der Waals surface area contributed by atoms with E-state index in [0.717, 1.165) is 34.4 Å². The Morgan fingerprint density at radius 1 is 1.23 bits per heavy atom. The molecule has 1 aromatic carbocycles. The van der Waals surface area contributed by atoms with E-state index in [1.54, 1.807) is 18.2 Å². The van der Waals surface area contributed by atoms with Crippen molar-refractivity contribution in [1.29, 1.82) is 5.26 Å². The first-order valence-electron chi connectivity index (χ1n) is 13.1. The van der Waals surface area contributed by atoms with Crippen molar-refractivity contribution in [2.24, 2.45) is 11.3 Å². The normalized spacial score (nSPS) is 21.7. The summed E-state index contributed by atoms with van der Waals surface area (Å²) in [6.45, 7) is 6.66. The number of carbonyl (C=O) groups excluding carboxylic acids is 1. The monoisotopic (exact) mass is 571 g/mol. The highest BCUT2D eigenvalue weighted by molar-refractivity contribution is 7.16. The topological polar surface area (TPSA) is 101 Å². The average Bonchev–Trinajstić information content (AvgIpc) is 3.61. The highest BCUT2D eigenvalue weighted by atomic mass is 32.1. The van der Waals surface area contributed by atoms with Crippen LogP contribution in [0.3, 0.4) is 0 Å². The number of halogens is 3. The van der Waals surface area contributed by atoms with Gasteiger partial charge < -0.3 is 20.1 Å². The summed E-state index contributed by atoms with van der Waals surface area (Å²) in [5, 5.41) is 20.2. The van der Waals surface area contributed by atoms with Crippen LogP contribution in [0.2, 0.25) is 0 Å². The van der Waals surface area contributed by atoms with E-state index < -0.39 is 24.2 Å². The zero-order valence-electron chi connectivity index (χ0n) is 22.2. The van der Waals surface area contributed by atoms with Crippen molar-refractivity contribution in [1.82, 2.24) is 9.78 Å². The highest BCUT2D eigenvalue weighted by Gasteiger charge is 2.47. The summed E-state index contributed by atoms with van der Waals surface area (Å²) in [7, 11) is 0. The van der Waals surface area contributed by atoms with E-state index in [4.69, 9.17) is 9.47 Å². The molecular formula is C28H28F3N5O3S. The number of benzene rings is 1. The molecule has 0 radical (unpaired) electrons. The Balaban J connectivity index is 1.27. The van der Waals surface area contributed by atoms with Crippen LogP contribution >= 0.6 is 11.3 Å². The Kier molecular flexibility index (Phi) is 6.25. The van der Waals surface area contributed by atoms with Crippen molar-refractivity contribution in [2.75, 3.05) is 17.4 Å². The molecule has 0 bridgehead atoms. The van der Waals surface area contributed by atoms with E-state index in [0.29, 0.717) is 33.5 Å². The fraction of sp³-hybridized carbons (Fsp3) is 0.464. The zero-order chi connectivity index (χ0) is 28.4. The van der Waals surface area contributed by atoms with Crippen LogP contribution in [-0.4, -0.2) is 28.7 Å². The molecule has 1 aliphatic carbocycles. The van der Waals surface area contributed by atoms with E-state index >= 15 is 0 Å². The Morgan fingerprint density at radius 2 is 2.00 bits per heavy atom. The van der Waals surface area contributed by atoms with E-state index in [2.05, 4.69) is 42.6 Å². The van der Waals surface area contributed by atoms with Gasteiger partial charge in [0.1, 0.15) is 16.9 Å². The molecule has 3 aliphatic rings. The van der Waals surface area contributed by atoms with Gasteiger partial charge in [0, 0.05) is 17.4 Å². The Hall–Kier alpha value is -3.72. The maximum absolute atomic E-state index is 14.2. The van der Waals surface area contributed by atoms with Gasteiger partial charge in [-0.25, -0.2) is 4.68 Å². The molecule has 6 rings (SSSR count). The summed E-state index contributed by atoms with van der Waals surface area (Å²) in [5.41, 5.74) is 1.95. The number of nitrogens with zero attached hydrogens (tertiary/aromatic N) is 3. The zero-order valence-corrected chi connectivity index (χ0v) is 23.0. The Labute approximate surface area is 233 Å². The van der Waals surface area contributed by atoms with Crippen molar-refractivity contribution in [3.8, 4) is 17.6 Å². The van der Waals surface area contributed by atoms with Crippen molar-refractivity contribution in [3.63, 3.8) is 0 Å². The van der Waals surface area contributed by atoms with Gasteiger partial charge in [-0.2, -0.15) is 23.5 Å². The minimum absolute atomic E-state index is 0.0607. The summed E-state index contributed by atoms with van der Waals surface area (Å²) in [6, 6.07) is 5.96. The van der Waals surface area contributed by atoms with E-state index in [1.807, 2.05) is 0 Å². The van der Waals surface area contributed by atoms with Crippen molar-refractivity contribution >= 4 is 28.1 Å². The number of thiophene rings is 1. The third kappa shape index (κ3) is 4.66. The van der Waals surface area contributed by atoms with Crippen LogP contribution in [0.25, 0.3) is 0 Å². The first-order valence-corrected chi connectivity index (χ1v) is 13.9. The lowest BCUT2D eigenvalue weighted by molar-refractivity contribution is -0.173. The lowest BCUT2D eigenvalue weighted by atomic mass is 9.72. The molecule has 40 heavy (non-hydrogen) atoms. The van der Waals surface area contributed by atoms with Gasteiger partial charge >= 0.3 is 6.18 Å². The molecule has 12 heteroatoms. The van der Waals surface area contributed by atoms with Gasteiger partial charge in [-0.1, -0.05) is 26.8 Å². The number of alkyl halides is 3. The van der Waals surface area contributed by atoms with Crippen LogP contribution in [0, 0.1) is 22.7 Å². The van der Waals surface area contributed by atoms with Gasteiger partial charge in [0.05, 0.1) is 11.6 Å². The minimum atomic E-state index is -4.59. The Morgan fingerprint density at radius 3 is 2.73 bits per heavy atom. The molecule has 4 heterocycles. The second kappa shape index (κ2) is 9.44. The molecule has 2 aliphatic heterocycles. The van der Waals surface area contributed by atoms with Crippen molar-refractivity contribution in [3.05, 3.63) is 51.5 Å². The van der Waals surface area contributed by atoms with Crippen molar-refractivity contribution in [2.45, 2.75) is 64.7 Å². The molecule has 0 saturated carbocycles. The molecule has 8 nitrogen and oxygen atoms in total. The van der Waals surface area contributed by atoms with Gasteiger partial charge in [-0.05, 0) is 53.9 Å². The molecule has 1 amide bonds. The SMILES string of the molecule is CC(C)(C)[C@@H]1CCc2c(sc(NC(=O)c3cc4n(n3)[C@H](C(F)(F)F)C[C@@H](c3ccc5c(c3)OCO5)N4)c2C#N)C1. The summed E-state index contributed by atoms with van der Waals surface area (Å²) in [4.78, 5) is 14.3. The van der Waals surface area contributed by atoms with Crippen LogP contribution in [0.15, 0.2) is 24.3 Å². The number of hydrogen-bond donors (Lipinski definition) is 2. The number of fused-ring (bicyclic) bond motifs is 3. The predicted octanol–water partition coefficient (Wildman–Crippen LogP) is 6.61. The molecule has 0 spiro atoms. The first-order chi connectivity index (χ1) is 18.9. The second-order valence-electron chi connectivity index (χ2n) is 11.5. The average molecular weight is 572 g/mol. The smallest absolute Gasteiger partial charge is 0.410 e. The van der Waals surface area contributed by atoms with E-state index in [-0.39, 0.29) is 30.1 Å². The standard InChI is InChI=1S/C28H28F3N5O3S/c1-27(2,3)15-5-6-16-17(12-32)26(40-22(16)9-15)34-25(37)19-11-24-33-18(10-23(28(29,30)31)36(24)35-19)14-4-7-20-21(8-14)39-13-38-20/h4,7-8,11,15,18,23,33H,5-6,9-10,13H2,1-3H3,(H,34,37)/t15-,18+,23+/m1/s1. The fourth-order valence-electron chi connectivity index (χ4n) is 5.73. The first kappa shape index (κ1) is 26.5. The molecular weight excluding hydrogens is 543 g/mol. The van der Waals surface area contributed by atoms with E-state index in [1.165, 1.54) is 17.4 Å². The number of amides is 1. The highest BCUT2D eigenvalue weighted by Crippen LogP contribution is 2.46. The van der Waals surface area contributed by atoms with Crippen LogP contribution in [0.1, 0.15) is 77.8 Å². The van der Waals surface area contributed by atoms with Gasteiger partial charge in [0.15, 0.2) is 23.2 Å². The van der Waals surface area contributed by atoms with Gasteiger partial charge in [-0.3, -0.25) is 4.79 Å². The summed E-state index contributed by atoms with van der Waals surface area (Å²) in [6.07, 6.45) is -2.37. The lowest BCUT2D eigenvalue weighted by Gasteiger charge is -2.33. The fourth-order valence-corrected chi connectivity index (χ4v) is 7.00. The summed E-state index contributed by atoms with van der Waals surface area (Å²) >= 11 is 1.37. The van der Waals surface area contributed by atoms with Crippen LogP contribution in [0.4, 0.5) is 24.0 Å². The molecule has 210 valence electrons. The minimum Gasteiger partial charge on any atom is -0.454 e. The maximum Gasteiger partial charge on any atom is 0.410 e. The van der Waals surface area contributed by atoms with Crippen LogP contribution < -0.4 is 20.1 Å². The third-order valence-electron chi connectivity index (χ3n) is 8.05. The quantitative estimate of drug-likeness (QED) is 0.367. The van der Waals surface area contributed by atoms with Gasteiger partial charge in [0.2, 0.25) is 6.79 Å². The molecule has 0 saturated heterocycles. The molecule has 3 atom stereocenters. The summed E-state index contributed by atoms with van der Waals surface area (Å²) < 4.78 is 54.0. The molecule has 2 aromatic heterocycles. The van der Waals surface area contributed by atoms with Gasteiger partial charge in [0.25, 0.3) is 5.91 Å². The predicted molar refractivity (Wildman–Crippen MR) is 143 cm³/mol. The number of anilines is 2. The molecule has 3 aromatic rings. The van der Waals surface area contributed by atoms with Gasteiger partial charge in [-0.15, -0.1) is 11.3 Å². The third-order valence-corrected chi connectivity index (χ3v) is 9.22.